The van der Waals surface area contributed by atoms with Crippen molar-refractivity contribution in [1.29, 1.82) is 0 Å². The molecule has 0 saturated carbocycles. The molecule has 0 aliphatic heterocycles. The summed E-state index contributed by atoms with van der Waals surface area (Å²) < 4.78 is 5.00. The Morgan fingerprint density at radius 2 is 1.53 bits per heavy atom. The molecular formula is C18H32O. The number of allylic oxidation sites excluding steroid dienone is 1. The van der Waals surface area contributed by atoms with Crippen molar-refractivity contribution >= 4 is 0 Å². The van der Waals surface area contributed by atoms with Crippen molar-refractivity contribution in [2.75, 3.05) is 7.11 Å². The summed E-state index contributed by atoms with van der Waals surface area (Å²) in [6, 6.07) is 8.56. The van der Waals surface area contributed by atoms with Crippen molar-refractivity contribution in [3.63, 3.8) is 0 Å². The quantitative estimate of drug-likeness (QED) is 0.600. The minimum atomic E-state index is 0.848. The summed E-state index contributed by atoms with van der Waals surface area (Å²) >= 11 is 0. The molecule has 110 valence electrons. The molecule has 0 radical (unpaired) electrons. The normalized spacial score (nSPS) is 8.53. The van der Waals surface area contributed by atoms with E-state index in [9.17, 15) is 0 Å². The van der Waals surface area contributed by atoms with E-state index in [1.165, 1.54) is 24.0 Å². The van der Waals surface area contributed by atoms with Crippen LogP contribution in [0.25, 0.3) is 0 Å². The molecule has 0 heterocycles. The smallest absolute Gasteiger partial charge is 0.0887 e. The summed E-state index contributed by atoms with van der Waals surface area (Å²) in [5.41, 5.74) is 2.64. The van der Waals surface area contributed by atoms with E-state index in [2.05, 4.69) is 51.6 Å². The van der Waals surface area contributed by atoms with Gasteiger partial charge in [-0.1, -0.05) is 76.9 Å². The first-order valence-electron chi connectivity index (χ1n) is 7.41. The SMILES string of the molecule is C=C(CCc1ccc(C)cc1)OC.CC.CCCC. The summed E-state index contributed by atoms with van der Waals surface area (Å²) in [5, 5.41) is 0. The number of aryl methyl sites for hydroxylation is 2. The predicted molar refractivity (Wildman–Crippen MR) is 87.6 cm³/mol. The van der Waals surface area contributed by atoms with Crippen LogP contribution in [0.15, 0.2) is 36.6 Å². The van der Waals surface area contributed by atoms with Crippen molar-refractivity contribution < 1.29 is 4.74 Å². The van der Waals surface area contributed by atoms with Gasteiger partial charge >= 0.3 is 0 Å². The van der Waals surface area contributed by atoms with Crippen LogP contribution < -0.4 is 0 Å². The van der Waals surface area contributed by atoms with E-state index < -0.39 is 0 Å². The fraction of sp³-hybridized carbons (Fsp3) is 0.556. The van der Waals surface area contributed by atoms with E-state index in [1.807, 2.05) is 13.8 Å². The first-order valence-corrected chi connectivity index (χ1v) is 7.41. The summed E-state index contributed by atoms with van der Waals surface area (Å²) in [6.45, 7) is 14.2. The molecule has 0 saturated heterocycles. The van der Waals surface area contributed by atoms with Gasteiger partial charge in [-0.2, -0.15) is 0 Å². The average Bonchev–Trinajstić information content (AvgIpc) is 2.48. The molecule has 0 N–H and O–H groups in total. The third-order valence-electron chi connectivity index (χ3n) is 2.60. The average molecular weight is 264 g/mol. The first kappa shape index (κ1) is 20.1. The zero-order chi connectivity index (χ0) is 15.1. The number of unbranched alkanes of at least 4 members (excludes halogenated alkanes) is 1. The third kappa shape index (κ3) is 13.0. The monoisotopic (exact) mass is 264 g/mol. The van der Waals surface area contributed by atoms with Crippen molar-refractivity contribution in [2.24, 2.45) is 0 Å². The molecule has 0 fully saturated rings. The van der Waals surface area contributed by atoms with Gasteiger partial charge in [0.1, 0.15) is 0 Å². The van der Waals surface area contributed by atoms with Crippen LogP contribution in [0.4, 0.5) is 0 Å². The Kier molecular flexibility index (Phi) is 15.7. The fourth-order valence-electron chi connectivity index (χ4n) is 1.14. The number of hydrogen-bond donors (Lipinski definition) is 0. The molecule has 1 heteroatoms. The van der Waals surface area contributed by atoms with E-state index >= 15 is 0 Å². The van der Waals surface area contributed by atoms with Gasteiger partial charge in [0.25, 0.3) is 0 Å². The molecule has 0 atom stereocenters. The highest BCUT2D eigenvalue weighted by Gasteiger charge is 1.95. The molecule has 1 rings (SSSR count). The largest absolute Gasteiger partial charge is 0.502 e. The number of rotatable bonds is 5. The second kappa shape index (κ2) is 14.8. The van der Waals surface area contributed by atoms with Crippen LogP contribution in [0, 0.1) is 6.92 Å². The lowest BCUT2D eigenvalue weighted by atomic mass is 10.1. The highest BCUT2D eigenvalue weighted by Crippen LogP contribution is 2.09. The number of methoxy groups -OCH3 is 1. The molecule has 1 nitrogen and oxygen atoms in total. The van der Waals surface area contributed by atoms with E-state index in [-0.39, 0.29) is 0 Å². The number of benzene rings is 1. The predicted octanol–water partition coefficient (Wildman–Crippen LogP) is 5.92. The van der Waals surface area contributed by atoms with E-state index in [0.29, 0.717) is 0 Å². The molecule has 0 aliphatic rings. The van der Waals surface area contributed by atoms with Gasteiger partial charge in [0.05, 0.1) is 12.9 Å². The lowest BCUT2D eigenvalue weighted by Gasteiger charge is -2.04. The summed E-state index contributed by atoms with van der Waals surface area (Å²) in [4.78, 5) is 0. The highest BCUT2D eigenvalue weighted by molar-refractivity contribution is 5.21. The van der Waals surface area contributed by atoms with Gasteiger partial charge in [-0.25, -0.2) is 0 Å². The van der Waals surface area contributed by atoms with Gasteiger partial charge < -0.3 is 4.74 Å². The molecular weight excluding hydrogens is 232 g/mol. The summed E-state index contributed by atoms with van der Waals surface area (Å²) in [6.07, 6.45) is 4.55. The molecule has 0 unspecified atom stereocenters. The number of hydrogen-bond acceptors (Lipinski definition) is 1. The van der Waals surface area contributed by atoms with Crippen molar-refractivity contribution in [1.82, 2.24) is 0 Å². The minimum absolute atomic E-state index is 0.848. The molecule has 0 aliphatic carbocycles. The van der Waals surface area contributed by atoms with Crippen molar-refractivity contribution in [3.8, 4) is 0 Å². The van der Waals surface area contributed by atoms with Gasteiger partial charge in [-0.15, -0.1) is 0 Å². The molecule has 0 bridgehead atoms. The van der Waals surface area contributed by atoms with Crippen LogP contribution in [-0.4, -0.2) is 7.11 Å². The Bertz CT molecular complexity index is 296. The zero-order valence-electron chi connectivity index (χ0n) is 13.8. The Balaban J connectivity index is 0. The molecule has 1 aromatic rings. The highest BCUT2D eigenvalue weighted by atomic mass is 16.5. The molecule has 0 amide bonds. The Morgan fingerprint density at radius 1 is 1.05 bits per heavy atom. The van der Waals surface area contributed by atoms with Gasteiger partial charge in [-0.05, 0) is 18.9 Å². The van der Waals surface area contributed by atoms with Crippen LogP contribution in [0.1, 0.15) is 58.1 Å². The second-order valence-corrected chi connectivity index (χ2v) is 4.23. The lowest BCUT2D eigenvalue weighted by molar-refractivity contribution is 0.279. The first-order chi connectivity index (χ1) is 9.13. The van der Waals surface area contributed by atoms with E-state index in [1.54, 1.807) is 7.11 Å². The third-order valence-corrected chi connectivity index (χ3v) is 2.60. The van der Waals surface area contributed by atoms with Gasteiger partial charge in [-0.3, -0.25) is 0 Å². The van der Waals surface area contributed by atoms with Crippen LogP contribution in [0.5, 0.6) is 0 Å². The minimum Gasteiger partial charge on any atom is -0.502 e. The zero-order valence-corrected chi connectivity index (χ0v) is 13.8. The molecule has 0 aromatic heterocycles. The van der Waals surface area contributed by atoms with E-state index in [4.69, 9.17) is 4.74 Å². The standard InChI is InChI=1S/C12H16O.C4H10.C2H6/c1-10-4-7-12(8-5-10)9-6-11(2)13-3;1-3-4-2;1-2/h4-5,7-8H,2,6,9H2,1,3H3;3-4H2,1-2H3;1-2H3. The maximum absolute atomic E-state index is 5.00. The Morgan fingerprint density at radius 3 is 1.89 bits per heavy atom. The number of ether oxygens (including phenoxy) is 1. The summed E-state index contributed by atoms with van der Waals surface area (Å²) in [7, 11) is 1.66. The van der Waals surface area contributed by atoms with Gasteiger partial charge in [0, 0.05) is 6.42 Å². The topological polar surface area (TPSA) is 9.23 Å². The van der Waals surface area contributed by atoms with Crippen LogP contribution in [-0.2, 0) is 11.2 Å². The fourth-order valence-corrected chi connectivity index (χ4v) is 1.14. The molecule has 0 spiro atoms. The Hall–Kier alpha value is -1.24. The van der Waals surface area contributed by atoms with Gasteiger partial charge in [0.15, 0.2) is 0 Å². The van der Waals surface area contributed by atoms with Crippen LogP contribution >= 0.6 is 0 Å². The van der Waals surface area contributed by atoms with Crippen LogP contribution in [0.3, 0.4) is 0 Å². The maximum Gasteiger partial charge on any atom is 0.0887 e. The van der Waals surface area contributed by atoms with Crippen molar-refractivity contribution in [2.45, 2.75) is 60.3 Å². The van der Waals surface area contributed by atoms with Gasteiger partial charge in [0.2, 0.25) is 0 Å². The lowest BCUT2D eigenvalue weighted by Crippen LogP contribution is -1.89. The molecule has 1 aromatic carbocycles. The van der Waals surface area contributed by atoms with Crippen LogP contribution in [0.2, 0.25) is 0 Å². The Labute approximate surface area is 120 Å². The molecule has 19 heavy (non-hydrogen) atoms. The summed E-state index contributed by atoms with van der Waals surface area (Å²) in [5.74, 6) is 0.848. The van der Waals surface area contributed by atoms with E-state index in [0.717, 1.165) is 18.6 Å². The van der Waals surface area contributed by atoms with Crippen molar-refractivity contribution in [3.05, 3.63) is 47.7 Å². The maximum atomic E-state index is 5.00. The second-order valence-electron chi connectivity index (χ2n) is 4.23.